The zero-order valence-corrected chi connectivity index (χ0v) is 16.5. The van der Waals surface area contributed by atoms with Crippen molar-refractivity contribution in [2.24, 2.45) is 0 Å². The summed E-state index contributed by atoms with van der Waals surface area (Å²) in [6.45, 7) is 6.37. The number of hydrogen-bond donors (Lipinski definition) is 0. The Labute approximate surface area is 159 Å². The highest BCUT2D eigenvalue weighted by molar-refractivity contribution is 8.10. The molecule has 3 rings (SSSR count). The van der Waals surface area contributed by atoms with E-state index in [0.29, 0.717) is 0 Å². The summed E-state index contributed by atoms with van der Waals surface area (Å²) in [6, 6.07) is 26.2. The summed E-state index contributed by atoms with van der Waals surface area (Å²) in [6.07, 6.45) is 0. The molecule has 0 heterocycles. The molecular formula is C23H22S2. The van der Waals surface area contributed by atoms with Gasteiger partial charge in [-0.3, -0.25) is 0 Å². The van der Waals surface area contributed by atoms with Crippen LogP contribution in [-0.4, -0.2) is 0 Å². The Kier molecular flexibility index (Phi) is 6.06. The number of benzene rings is 3. The van der Waals surface area contributed by atoms with Crippen molar-refractivity contribution in [2.45, 2.75) is 30.6 Å². The van der Waals surface area contributed by atoms with Crippen LogP contribution in [0.4, 0.5) is 0 Å². The molecule has 3 aromatic rings. The Morgan fingerprint density at radius 3 is 1.56 bits per heavy atom. The van der Waals surface area contributed by atoms with E-state index in [2.05, 4.69) is 99.0 Å². The predicted octanol–water partition coefficient (Wildman–Crippen LogP) is 7.49. The first-order chi connectivity index (χ1) is 12.1. The average Bonchev–Trinajstić information content (AvgIpc) is 2.62. The molecule has 0 aliphatic carbocycles. The molecule has 0 atom stereocenters. The first-order valence-electron chi connectivity index (χ1n) is 8.35. The quantitative estimate of drug-likeness (QED) is 0.431. The van der Waals surface area contributed by atoms with Crippen molar-refractivity contribution in [3.05, 3.63) is 100 Å². The van der Waals surface area contributed by atoms with Crippen molar-refractivity contribution in [3.8, 4) is 0 Å². The molecule has 0 aliphatic heterocycles. The highest BCUT2D eigenvalue weighted by Gasteiger charge is 2.05. The van der Waals surface area contributed by atoms with Gasteiger partial charge in [0, 0.05) is 14.7 Å². The third-order valence-corrected chi connectivity index (χ3v) is 6.04. The maximum Gasteiger partial charge on any atom is 0.0261 e. The Balaban J connectivity index is 1.87. The Morgan fingerprint density at radius 1 is 0.600 bits per heavy atom. The largest absolute Gasteiger partial charge is 0.0969 e. The molecule has 0 radical (unpaired) electrons. The van der Waals surface area contributed by atoms with Crippen molar-refractivity contribution >= 4 is 28.4 Å². The lowest BCUT2D eigenvalue weighted by atomic mass is 10.1. The molecule has 0 N–H and O–H groups in total. The molecule has 0 bridgehead atoms. The van der Waals surface area contributed by atoms with E-state index < -0.39 is 0 Å². The maximum absolute atomic E-state index is 2.26. The van der Waals surface area contributed by atoms with Gasteiger partial charge in [0.25, 0.3) is 0 Å². The first-order valence-corrected chi connectivity index (χ1v) is 10.0. The fourth-order valence-electron chi connectivity index (χ4n) is 2.34. The molecule has 0 nitrogen and oxygen atoms in total. The van der Waals surface area contributed by atoms with E-state index in [9.17, 15) is 0 Å². The average molecular weight is 363 g/mol. The van der Waals surface area contributed by atoms with E-state index in [-0.39, 0.29) is 0 Å². The number of aryl methyl sites for hydroxylation is 3. The highest BCUT2D eigenvalue weighted by atomic mass is 32.2. The molecule has 0 aromatic heterocycles. The molecule has 126 valence electrons. The van der Waals surface area contributed by atoms with Gasteiger partial charge in [-0.05, 0) is 56.0 Å². The van der Waals surface area contributed by atoms with Gasteiger partial charge in [0.15, 0.2) is 0 Å². The molecule has 3 aromatic carbocycles. The monoisotopic (exact) mass is 362 g/mol. The fraction of sp³-hybridized carbons (Fsp3) is 0.130. The molecule has 0 saturated heterocycles. The molecule has 0 aliphatic rings. The normalized spacial score (nSPS) is 11.6. The summed E-state index contributed by atoms with van der Waals surface area (Å²) in [7, 11) is 0. The van der Waals surface area contributed by atoms with Crippen LogP contribution in [-0.2, 0) is 0 Å². The molecule has 0 fully saturated rings. The van der Waals surface area contributed by atoms with Crippen LogP contribution < -0.4 is 0 Å². The predicted molar refractivity (Wildman–Crippen MR) is 113 cm³/mol. The lowest BCUT2D eigenvalue weighted by Crippen LogP contribution is -1.82. The van der Waals surface area contributed by atoms with Crippen molar-refractivity contribution in [1.82, 2.24) is 0 Å². The SMILES string of the molecule is Cc1ccc(S/C=C(\Sc2ccc(C)cc2)c2ccc(C)cc2)cc1. The van der Waals surface area contributed by atoms with Gasteiger partial charge in [-0.2, -0.15) is 0 Å². The van der Waals surface area contributed by atoms with Crippen LogP contribution in [0.3, 0.4) is 0 Å². The van der Waals surface area contributed by atoms with Crippen LogP contribution in [0, 0.1) is 20.8 Å². The van der Waals surface area contributed by atoms with Crippen molar-refractivity contribution in [2.75, 3.05) is 0 Å². The van der Waals surface area contributed by atoms with Crippen LogP contribution in [0.15, 0.2) is 88.0 Å². The molecule has 0 saturated carbocycles. The second-order valence-electron chi connectivity index (χ2n) is 6.19. The van der Waals surface area contributed by atoms with Crippen LogP contribution in [0.1, 0.15) is 22.3 Å². The molecule has 0 unspecified atom stereocenters. The smallest absolute Gasteiger partial charge is 0.0261 e. The number of rotatable bonds is 5. The number of thioether (sulfide) groups is 2. The highest BCUT2D eigenvalue weighted by Crippen LogP contribution is 2.37. The van der Waals surface area contributed by atoms with Gasteiger partial charge in [-0.1, -0.05) is 88.7 Å². The summed E-state index contributed by atoms with van der Waals surface area (Å²) in [5.41, 5.74) is 5.13. The minimum Gasteiger partial charge on any atom is -0.0969 e. The summed E-state index contributed by atoms with van der Waals surface area (Å²) >= 11 is 3.59. The Morgan fingerprint density at radius 2 is 1.04 bits per heavy atom. The van der Waals surface area contributed by atoms with E-state index >= 15 is 0 Å². The third-order valence-electron chi connectivity index (χ3n) is 3.91. The second kappa shape index (κ2) is 8.46. The van der Waals surface area contributed by atoms with Crippen molar-refractivity contribution in [3.63, 3.8) is 0 Å². The van der Waals surface area contributed by atoms with E-state index in [0.717, 1.165) is 0 Å². The van der Waals surface area contributed by atoms with Crippen LogP contribution >= 0.6 is 23.5 Å². The first kappa shape index (κ1) is 17.9. The van der Waals surface area contributed by atoms with Gasteiger partial charge in [0.1, 0.15) is 0 Å². The summed E-state index contributed by atoms with van der Waals surface area (Å²) < 4.78 is 0. The fourth-order valence-corrected chi connectivity index (χ4v) is 4.13. The summed E-state index contributed by atoms with van der Waals surface area (Å²) in [5, 5.41) is 2.26. The maximum atomic E-state index is 2.26. The zero-order chi connectivity index (χ0) is 17.6. The topological polar surface area (TPSA) is 0 Å². The van der Waals surface area contributed by atoms with Crippen LogP contribution in [0.25, 0.3) is 4.91 Å². The molecule has 0 amide bonds. The summed E-state index contributed by atoms with van der Waals surface area (Å²) in [5.74, 6) is 0. The van der Waals surface area contributed by atoms with Crippen LogP contribution in [0.5, 0.6) is 0 Å². The minimum absolute atomic E-state index is 1.26. The van der Waals surface area contributed by atoms with Gasteiger partial charge < -0.3 is 0 Å². The van der Waals surface area contributed by atoms with E-state index in [1.807, 2.05) is 11.8 Å². The van der Waals surface area contributed by atoms with Crippen molar-refractivity contribution in [1.29, 1.82) is 0 Å². The van der Waals surface area contributed by atoms with E-state index in [4.69, 9.17) is 0 Å². The summed E-state index contributed by atoms with van der Waals surface area (Å²) in [4.78, 5) is 3.80. The third kappa shape index (κ3) is 5.29. The van der Waals surface area contributed by atoms with Crippen molar-refractivity contribution < 1.29 is 0 Å². The standard InChI is InChI=1S/C23H22S2/c1-17-4-10-20(11-5-17)23(25-22-14-8-19(3)9-15-22)16-24-21-12-6-18(2)7-13-21/h4-16H,1-3H3/b23-16-. The Bertz CT molecular complexity index is 842. The lowest BCUT2D eigenvalue weighted by molar-refractivity contribution is 1.38. The Hall–Kier alpha value is -1.90. The molecule has 2 heteroatoms. The molecule has 0 spiro atoms. The van der Waals surface area contributed by atoms with Gasteiger partial charge >= 0.3 is 0 Å². The second-order valence-corrected chi connectivity index (χ2v) is 8.25. The van der Waals surface area contributed by atoms with Crippen LogP contribution in [0.2, 0.25) is 0 Å². The van der Waals surface area contributed by atoms with Gasteiger partial charge in [-0.15, -0.1) is 0 Å². The van der Waals surface area contributed by atoms with E-state index in [1.165, 1.54) is 36.9 Å². The molecular weight excluding hydrogens is 340 g/mol. The van der Waals surface area contributed by atoms with E-state index in [1.54, 1.807) is 11.8 Å². The van der Waals surface area contributed by atoms with Gasteiger partial charge in [0.05, 0.1) is 0 Å². The molecule has 25 heavy (non-hydrogen) atoms. The minimum atomic E-state index is 1.26. The number of hydrogen-bond acceptors (Lipinski definition) is 2. The van der Waals surface area contributed by atoms with Gasteiger partial charge in [0.2, 0.25) is 0 Å². The lowest BCUT2D eigenvalue weighted by Gasteiger charge is -2.09. The zero-order valence-electron chi connectivity index (χ0n) is 14.8. The van der Waals surface area contributed by atoms with Gasteiger partial charge in [-0.25, -0.2) is 0 Å².